The molecule has 0 nitrogen and oxygen atoms in total. The van der Waals surface area contributed by atoms with Crippen LogP contribution in [0, 0.1) is 51.8 Å². The molecular formula is C30H51F6SSb. The molecule has 0 heterocycles. The molecule has 0 aromatic heterocycles. The third-order valence-corrected chi connectivity index (χ3v) is 18.3. The molecule has 8 heteroatoms. The van der Waals surface area contributed by atoms with Crippen molar-refractivity contribution >= 4 is 30.4 Å². The summed E-state index contributed by atoms with van der Waals surface area (Å²) in [5.74, 6) is 5.90. The zero-order valence-electron chi connectivity index (χ0n) is 25.0. The fourth-order valence-electron chi connectivity index (χ4n) is 11.4. The monoisotopic (exact) mass is 678 g/mol. The molecule has 6 saturated carbocycles. The molecule has 9 atom stereocenters. The molecule has 0 saturated heterocycles. The second-order valence-electron chi connectivity index (χ2n) is 16.4. The summed E-state index contributed by atoms with van der Waals surface area (Å²) >= 11 is -11.2. The van der Waals surface area contributed by atoms with E-state index < -0.39 is 19.5 Å². The summed E-state index contributed by atoms with van der Waals surface area (Å²) in [6.45, 7) is 24.2. The van der Waals surface area contributed by atoms with E-state index in [9.17, 15) is 16.9 Å². The van der Waals surface area contributed by atoms with Gasteiger partial charge in [0.1, 0.15) is 14.2 Å². The first-order valence-corrected chi connectivity index (χ1v) is 22.1. The molecule has 6 rings (SSSR count). The van der Waals surface area contributed by atoms with Gasteiger partial charge in [0, 0.05) is 64.2 Å². The quantitative estimate of drug-likeness (QED) is 0.158. The molecule has 6 fully saturated rings. The van der Waals surface area contributed by atoms with Crippen LogP contribution in [-0.4, -0.2) is 33.7 Å². The van der Waals surface area contributed by atoms with Gasteiger partial charge in [-0.25, -0.2) is 0 Å². The summed E-state index contributed by atoms with van der Waals surface area (Å²) in [6.07, 6.45) is 13.8. The van der Waals surface area contributed by atoms with Crippen LogP contribution in [-0.2, 0) is 10.9 Å². The van der Waals surface area contributed by atoms with Crippen LogP contribution in [0.1, 0.15) is 120 Å². The molecule has 0 aromatic rings. The van der Waals surface area contributed by atoms with Gasteiger partial charge in [0.25, 0.3) is 0 Å². The molecular weight excluding hydrogens is 628 g/mol. The Labute approximate surface area is 232 Å². The Morgan fingerprint density at radius 1 is 0.474 bits per heavy atom. The summed E-state index contributed by atoms with van der Waals surface area (Å²) in [5, 5.41) is 0. The van der Waals surface area contributed by atoms with Crippen molar-refractivity contribution in [2.45, 2.75) is 134 Å². The van der Waals surface area contributed by atoms with Gasteiger partial charge in [0.15, 0.2) is 0 Å². The first-order valence-electron chi connectivity index (χ1n) is 15.1. The number of halogens is 6. The topological polar surface area (TPSA) is 0 Å². The zero-order valence-corrected chi connectivity index (χ0v) is 28.3. The van der Waals surface area contributed by atoms with Crippen molar-refractivity contribution in [3.05, 3.63) is 0 Å². The maximum atomic E-state index is 9.93. The normalized spacial score (nSPS) is 51.9. The van der Waals surface area contributed by atoms with Gasteiger partial charge >= 0.3 is 36.4 Å². The van der Waals surface area contributed by atoms with E-state index in [1.807, 2.05) is 0 Å². The SMILES string of the molecule is CC1CCC2C(C)(C)C2([S+](C23CC(C)CCC2C3(C)C)C23CC(C)CCC2C3(C)C)C1.[F][Sb-]([F])([F])([F])([F])[F]. The van der Waals surface area contributed by atoms with Gasteiger partial charge in [-0.05, 0) is 37.0 Å². The van der Waals surface area contributed by atoms with Crippen molar-refractivity contribution in [1.29, 1.82) is 0 Å². The Morgan fingerprint density at radius 3 is 0.895 bits per heavy atom. The standard InChI is InChI=1S/C30H51S.6FH.Sb/c1-19-10-13-22-25(4,5)28(22,16-19)31(29-17-20(2)11-14-23(29)26(29,6)7)30-18-21(3)12-15-24(30)27(30,8)9;;;;;;;/h19-24H,10-18H2,1-9H3;6*1H;/q+1;;;;;;;+5/p-6. The van der Waals surface area contributed by atoms with Crippen LogP contribution >= 0.6 is 0 Å². The Morgan fingerprint density at radius 2 is 0.684 bits per heavy atom. The molecule has 0 spiro atoms. The Kier molecular flexibility index (Phi) is 6.07. The summed E-state index contributed by atoms with van der Waals surface area (Å²) in [4.78, 5) is 0. The second-order valence-corrected chi connectivity index (χ2v) is 24.7. The molecule has 0 amide bonds. The van der Waals surface area contributed by atoms with Crippen molar-refractivity contribution in [3.63, 3.8) is 0 Å². The minimum absolute atomic E-state index is 0.571. The van der Waals surface area contributed by atoms with E-state index in [4.69, 9.17) is 0 Å². The van der Waals surface area contributed by atoms with Crippen molar-refractivity contribution in [2.75, 3.05) is 0 Å². The average molecular weight is 680 g/mol. The maximum absolute atomic E-state index is 11.2. The average Bonchev–Trinajstić information content (AvgIpc) is 3.52. The van der Waals surface area contributed by atoms with E-state index in [0.29, 0.717) is 41.4 Å². The molecule has 0 radical (unpaired) electrons. The summed E-state index contributed by atoms with van der Waals surface area (Å²) in [5.41, 5.74) is 1.74. The van der Waals surface area contributed by atoms with Gasteiger partial charge in [0.05, 0.1) is 0 Å². The van der Waals surface area contributed by atoms with Gasteiger partial charge < -0.3 is 0 Å². The Hall–Kier alpha value is 0.748. The van der Waals surface area contributed by atoms with Gasteiger partial charge in [-0.1, -0.05) is 81.6 Å². The molecule has 6 aliphatic rings. The van der Waals surface area contributed by atoms with E-state index in [0.717, 1.165) is 35.5 Å². The molecule has 0 bridgehead atoms. The van der Waals surface area contributed by atoms with Crippen LogP contribution in [0.2, 0.25) is 0 Å². The summed E-state index contributed by atoms with van der Waals surface area (Å²) in [6, 6.07) is 0. The van der Waals surface area contributed by atoms with Gasteiger partial charge in [-0.3, -0.25) is 0 Å². The number of fused-ring (bicyclic) bond motifs is 3. The number of hydrogen-bond acceptors (Lipinski definition) is 0. The van der Waals surface area contributed by atoms with Gasteiger partial charge in [0.2, 0.25) is 0 Å². The van der Waals surface area contributed by atoms with Crippen molar-refractivity contribution in [2.24, 2.45) is 51.8 Å². The number of hydrogen-bond donors (Lipinski definition) is 0. The van der Waals surface area contributed by atoms with Crippen LogP contribution in [0.4, 0.5) is 16.9 Å². The molecule has 0 N–H and O–H groups in total. The zero-order chi connectivity index (χ0) is 28.8. The molecule has 0 aromatic carbocycles. The Balaban J connectivity index is 0.000000374. The predicted molar refractivity (Wildman–Crippen MR) is 149 cm³/mol. The van der Waals surface area contributed by atoms with Crippen molar-refractivity contribution in [3.8, 4) is 0 Å². The van der Waals surface area contributed by atoms with E-state index in [2.05, 4.69) is 62.3 Å². The van der Waals surface area contributed by atoms with Crippen LogP contribution in [0.3, 0.4) is 0 Å². The third-order valence-electron chi connectivity index (χ3n) is 13.2. The summed E-state index contributed by atoms with van der Waals surface area (Å²) < 4.78 is 61.5. The van der Waals surface area contributed by atoms with Crippen LogP contribution in [0.15, 0.2) is 0 Å². The first kappa shape index (κ1) is 30.2. The predicted octanol–water partition coefficient (Wildman–Crippen LogP) is 10.4. The second kappa shape index (κ2) is 7.63. The van der Waals surface area contributed by atoms with Crippen molar-refractivity contribution < 1.29 is 16.9 Å². The van der Waals surface area contributed by atoms with Gasteiger partial charge in [-0.2, -0.15) is 0 Å². The van der Waals surface area contributed by atoms with E-state index in [1.54, 1.807) is 19.3 Å². The molecule has 38 heavy (non-hydrogen) atoms. The van der Waals surface area contributed by atoms with Crippen molar-refractivity contribution in [1.82, 2.24) is 0 Å². The molecule has 6 aliphatic carbocycles. The van der Waals surface area contributed by atoms with Gasteiger partial charge in [-0.15, -0.1) is 0 Å². The number of rotatable bonds is 3. The molecule has 9 unspecified atom stereocenters. The van der Waals surface area contributed by atoms with Crippen LogP contribution < -0.4 is 0 Å². The fraction of sp³-hybridized carbons (Fsp3) is 1.00. The van der Waals surface area contributed by atoms with E-state index >= 15 is 0 Å². The van der Waals surface area contributed by atoms with E-state index in [1.165, 1.54) is 38.5 Å². The molecule has 224 valence electrons. The summed E-state index contributed by atoms with van der Waals surface area (Å²) in [7, 11) is 0.571. The van der Waals surface area contributed by atoms with E-state index in [-0.39, 0.29) is 0 Å². The first-order chi connectivity index (χ1) is 16.8. The third kappa shape index (κ3) is 4.20. The fourth-order valence-corrected chi connectivity index (χ4v) is 18.6. The minimum atomic E-state index is -11.2. The Bertz CT molecular complexity index is 889. The molecule has 0 aliphatic heterocycles. The van der Waals surface area contributed by atoms with Crippen LogP contribution in [0.25, 0.3) is 0 Å². The van der Waals surface area contributed by atoms with Crippen LogP contribution in [0.5, 0.6) is 0 Å².